The number of ether oxygens (including phenoxy) is 4. The van der Waals surface area contributed by atoms with Crippen LogP contribution in [0.3, 0.4) is 0 Å². The molecule has 4 aliphatic heterocycles. The molecule has 44 heavy (non-hydrogen) atoms. The molecule has 0 bridgehead atoms. The average molecular weight is 621 g/mol. The van der Waals surface area contributed by atoms with Crippen LogP contribution >= 0.6 is 0 Å². The number of esters is 1. The van der Waals surface area contributed by atoms with E-state index in [9.17, 15) is 15.0 Å². The maximum Gasteiger partial charge on any atom is 0.334 e. The van der Waals surface area contributed by atoms with Gasteiger partial charge in [0, 0.05) is 12.0 Å². The van der Waals surface area contributed by atoms with Crippen LogP contribution in [-0.2, 0) is 23.7 Å². The van der Waals surface area contributed by atoms with E-state index in [1.54, 1.807) is 0 Å². The summed E-state index contributed by atoms with van der Waals surface area (Å²) >= 11 is 0. The highest BCUT2D eigenvalue weighted by Gasteiger charge is 2.43. The number of cyclic esters (lactones) is 1. The first-order valence-corrected chi connectivity index (χ1v) is 18.7. The number of hydrogen-bond acceptors (Lipinski definition) is 7. The van der Waals surface area contributed by atoms with E-state index in [0.29, 0.717) is 24.5 Å². The van der Waals surface area contributed by atoms with Crippen LogP contribution in [0.4, 0.5) is 0 Å². The first-order valence-electron chi connectivity index (χ1n) is 18.7. The minimum atomic E-state index is -0.481. The third-order valence-corrected chi connectivity index (χ3v) is 10.4. The van der Waals surface area contributed by atoms with Crippen LogP contribution in [0.1, 0.15) is 162 Å². The second kappa shape index (κ2) is 19.6. The summed E-state index contributed by atoms with van der Waals surface area (Å²) in [7, 11) is 0. The molecule has 0 aromatic rings. The van der Waals surface area contributed by atoms with Gasteiger partial charge >= 0.3 is 5.97 Å². The van der Waals surface area contributed by atoms with Gasteiger partial charge in [-0.1, -0.05) is 90.4 Å². The molecule has 3 saturated heterocycles. The third-order valence-electron chi connectivity index (χ3n) is 10.4. The van der Waals surface area contributed by atoms with Crippen molar-refractivity contribution in [1.82, 2.24) is 0 Å². The quantitative estimate of drug-likeness (QED) is 0.0939. The molecule has 0 unspecified atom stereocenters. The van der Waals surface area contributed by atoms with Gasteiger partial charge in [0.15, 0.2) is 0 Å². The fraction of sp³-hybridized carbons (Fsp3) is 0.919. The summed E-state index contributed by atoms with van der Waals surface area (Å²) in [5.41, 5.74) is 0.614. The normalized spacial score (nSPS) is 31.9. The fourth-order valence-electron chi connectivity index (χ4n) is 7.79. The molecule has 2 N–H and O–H groups in total. The van der Waals surface area contributed by atoms with Crippen molar-refractivity contribution in [3.8, 4) is 0 Å². The van der Waals surface area contributed by atoms with Gasteiger partial charge in [0.1, 0.15) is 6.10 Å². The molecule has 0 radical (unpaired) electrons. The Morgan fingerprint density at radius 2 is 1.27 bits per heavy atom. The van der Waals surface area contributed by atoms with Gasteiger partial charge in [0.2, 0.25) is 0 Å². The lowest BCUT2D eigenvalue weighted by atomic mass is 10.0. The first kappa shape index (κ1) is 35.9. The maximum absolute atomic E-state index is 11.7. The SMILES string of the molecule is CCCCCCCCCCCC[C@@H](O)[C@H]1CC[C@@H]([C@H]2CC[C@@H]([C@H]3CC[C@H](CCCCC[C@@H](O)CC4=C[C@H](C)OC4=O)O3)O2)O1. The van der Waals surface area contributed by atoms with Gasteiger partial charge in [-0.15, -0.1) is 0 Å². The third kappa shape index (κ3) is 12.0. The van der Waals surface area contributed by atoms with Crippen molar-refractivity contribution in [3.63, 3.8) is 0 Å². The summed E-state index contributed by atoms with van der Waals surface area (Å²) < 4.78 is 24.4. The molecule has 0 aromatic heterocycles. The zero-order valence-corrected chi connectivity index (χ0v) is 28.0. The Kier molecular flexibility index (Phi) is 16.0. The fourth-order valence-corrected chi connectivity index (χ4v) is 7.79. The van der Waals surface area contributed by atoms with Gasteiger partial charge in [-0.05, 0) is 70.8 Å². The number of carbonyl (C=O) groups is 1. The molecule has 254 valence electrons. The van der Waals surface area contributed by atoms with E-state index in [1.165, 1.54) is 57.8 Å². The lowest BCUT2D eigenvalue weighted by Gasteiger charge is -2.24. The highest BCUT2D eigenvalue weighted by molar-refractivity contribution is 5.90. The predicted octanol–water partition coefficient (Wildman–Crippen LogP) is 7.87. The van der Waals surface area contributed by atoms with Crippen LogP contribution in [0.15, 0.2) is 11.6 Å². The molecule has 4 aliphatic rings. The van der Waals surface area contributed by atoms with Crippen LogP contribution in [0.25, 0.3) is 0 Å². The lowest BCUT2D eigenvalue weighted by Crippen LogP contribution is -2.33. The Labute approximate surface area is 267 Å². The molecule has 0 aromatic carbocycles. The molecule has 4 heterocycles. The summed E-state index contributed by atoms with van der Waals surface area (Å²) in [6, 6.07) is 0. The summed E-state index contributed by atoms with van der Waals surface area (Å²) in [5.74, 6) is -0.282. The largest absolute Gasteiger partial charge is 0.455 e. The number of aliphatic hydroxyl groups excluding tert-OH is 2. The van der Waals surface area contributed by atoms with Crippen molar-refractivity contribution in [1.29, 1.82) is 0 Å². The molecule has 7 nitrogen and oxygen atoms in total. The van der Waals surface area contributed by atoms with E-state index in [-0.39, 0.29) is 48.7 Å². The van der Waals surface area contributed by atoms with Gasteiger partial charge in [0.05, 0.1) is 48.8 Å². The zero-order valence-electron chi connectivity index (χ0n) is 28.0. The van der Waals surface area contributed by atoms with Gasteiger partial charge < -0.3 is 29.2 Å². The molecule has 0 saturated carbocycles. The van der Waals surface area contributed by atoms with E-state index in [2.05, 4.69) is 6.92 Å². The summed E-state index contributed by atoms with van der Waals surface area (Å²) in [6.45, 7) is 4.11. The number of unbranched alkanes of at least 4 members (excludes halogenated alkanes) is 11. The Morgan fingerprint density at radius 1 is 0.705 bits per heavy atom. The number of rotatable bonds is 22. The van der Waals surface area contributed by atoms with Crippen molar-refractivity contribution in [2.45, 2.75) is 216 Å². The first-order chi connectivity index (χ1) is 21.4. The molecular formula is C37H64O7. The summed E-state index contributed by atoms with van der Waals surface area (Å²) in [5, 5.41) is 21.1. The molecule has 9 atom stereocenters. The highest BCUT2D eigenvalue weighted by atomic mass is 16.6. The smallest absolute Gasteiger partial charge is 0.334 e. The average Bonchev–Trinajstić information content (AvgIpc) is 3.81. The van der Waals surface area contributed by atoms with E-state index in [0.717, 1.165) is 77.0 Å². The Hall–Kier alpha value is -0.990. The van der Waals surface area contributed by atoms with Crippen LogP contribution in [0, 0.1) is 0 Å². The molecule has 4 rings (SSSR count). The van der Waals surface area contributed by atoms with Crippen LogP contribution in [0.5, 0.6) is 0 Å². The second-order valence-electron chi connectivity index (χ2n) is 14.3. The minimum absolute atomic E-state index is 0.0329. The Balaban J connectivity index is 1.00. The van der Waals surface area contributed by atoms with Gasteiger partial charge in [-0.2, -0.15) is 0 Å². The lowest BCUT2D eigenvalue weighted by molar-refractivity contribution is -0.139. The van der Waals surface area contributed by atoms with Gasteiger partial charge in [-0.25, -0.2) is 4.79 Å². The van der Waals surface area contributed by atoms with Gasteiger partial charge in [-0.3, -0.25) is 0 Å². The van der Waals surface area contributed by atoms with E-state index in [4.69, 9.17) is 18.9 Å². The van der Waals surface area contributed by atoms with E-state index in [1.807, 2.05) is 13.0 Å². The standard InChI is InChI=1S/C37H64O7/c1-3-4-5-6-7-8-9-10-11-15-18-31(39)32-21-22-35(43-32)36-24-23-34(44-36)33-20-19-30(42-33)17-14-12-13-16-29(38)26-28-25-27(2)41-37(28)40/h25,27,29-36,38-39H,3-24,26H2,1-2H3/t27-,29+,30-,31+,32+,33+,34-,35-,36+/m0/s1. The zero-order chi connectivity index (χ0) is 31.1. The molecule has 0 amide bonds. The number of carbonyl (C=O) groups excluding carboxylic acids is 1. The van der Waals surface area contributed by atoms with Crippen LogP contribution < -0.4 is 0 Å². The van der Waals surface area contributed by atoms with E-state index >= 15 is 0 Å². The van der Waals surface area contributed by atoms with Crippen molar-refractivity contribution < 1.29 is 34.0 Å². The summed E-state index contributed by atoms with van der Waals surface area (Å²) in [6.07, 6.45) is 27.1. The minimum Gasteiger partial charge on any atom is -0.455 e. The molecule has 7 heteroatoms. The highest BCUT2D eigenvalue weighted by Crippen LogP contribution is 2.37. The number of aliphatic hydroxyl groups is 2. The molecular weight excluding hydrogens is 556 g/mol. The van der Waals surface area contributed by atoms with Crippen molar-refractivity contribution in [2.24, 2.45) is 0 Å². The Morgan fingerprint density at radius 3 is 1.95 bits per heavy atom. The molecule has 0 aliphatic carbocycles. The molecule has 0 spiro atoms. The number of hydrogen-bond donors (Lipinski definition) is 2. The molecule has 3 fully saturated rings. The van der Waals surface area contributed by atoms with Crippen LogP contribution in [0.2, 0.25) is 0 Å². The van der Waals surface area contributed by atoms with Crippen molar-refractivity contribution in [3.05, 3.63) is 11.6 Å². The Bertz CT molecular complexity index is 846. The predicted molar refractivity (Wildman–Crippen MR) is 173 cm³/mol. The van der Waals surface area contributed by atoms with E-state index < -0.39 is 6.10 Å². The summed E-state index contributed by atoms with van der Waals surface area (Å²) in [4.78, 5) is 11.7. The second-order valence-corrected chi connectivity index (χ2v) is 14.3. The van der Waals surface area contributed by atoms with Gasteiger partial charge in [0.25, 0.3) is 0 Å². The maximum atomic E-state index is 11.7. The van der Waals surface area contributed by atoms with Crippen LogP contribution in [-0.4, -0.2) is 71.1 Å². The monoisotopic (exact) mass is 620 g/mol. The van der Waals surface area contributed by atoms with Crippen molar-refractivity contribution in [2.75, 3.05) is 0 Å². The van der Waals surface area contributed by atoms with Crippen molar-refractivity contribution >= 4 is 5.97 Å². The topological polar surface area (TPSA) is 94.5 Å².